The summed E-state index contributed by atoms with van der Waals surface area (Å²) < 4.78 is 5.25. The maximum absolute atomic E-state index is 12.9. The standard InChI is InChI=1S/C21H24N6O2/c1-13-20(14(2)29-26-13)19-12-22-11-17(25-19)6-7-18-5-4-8-27(18)21(28)16-9-23-15(3)24-10-16/h9-12,18H,4-8H2,1-3H3/t18-/m0/s1. The average Bonchev–Trinajstić information content (AvgIpc) is 3.33. The zero-order valence-electron chi connectivity index (χ0n) is 16.9. The van der Waals surface area contributed by atoms with Crippen molar-refractivity contribution in [3.8, 4) is 11.3 Å². The highest BCUT2D eigenvalue weighted by molar-refractivity contribution is 5.94. The summed E-state index contributed by atoms with van der Waals surface area (Å²) >= 11 is 0. The molecule has 0 aliphatic carbocycles. The van der Waals surface area contributed by atoms with Crippen LogP contribution in [0, 0.1) is 20.8 Å². The van der Waals surface area contributed by atoms with Crippen LogP contribution in [0.3, 0.4) is 0 Å². The minimum atomic E-state index is 0.00283. The molecule has 1 atom stereocenters. The summed E-state index contributed by atoms with van der Waals surface area (Å²) in [5.41, 5.74) is 3.93. The number of likely N-dealkylation sites (tertiary alicyclic amines) is 1. The molecule has 3 aromatic heterocycles. The van der Waals surface area contributed by atoms with Crippen LogP contribution in [-0.4, -0.2) is 48.5 Å². The van der Waals surface area contributed by atoms with Gasteiger partial charge in [-0.3, -0.25) is 9.78 Å². The van der Waals surface area contributed by atoms with Crippen LogP contribution in [0.4, 0.5) is 0 Å². The van der Waals surface area contributed by atoms with Crippen LogP contribution in [0.5, 0.6) is 0 Å². The maximum Gasteiger partial charge on any atom is 0.257 e. The predicted molar refractivity (Wildman–Crippen MR) is 106 cm³/mol. The lowest BCUT2D eigenvalue weighted by molar-refractivity contribution is 0.0729. The lowest BCUT2D eigenvalue weighted by Gasteiger charge is -2.24. The van der Waals surface area contributed by atoms with E-state index in [2.05, 4.69) is 20.1 Å². The van der Waals surface area contributed by atoms with Gasteiger partial charge >= 0.3 is 0 Å². The van der Waals surface area contributed by atoms with Gasteiger partial charge < -0.3 is 9.42 Å². The van der Waals surface area contributed by atoms with Crippen LogP contribution < -0.4 is 0 Å². The SMILES string of the molecule is Cc1ncc(C(=O)N2CCC[C@H]2CCc2cncc(-c3c(C)noc3C)n2)cn1. The predicted octanol–water partition coefficient (Wildman–Crippen LogP) is 3.08. The topological polar surface area (TPSA) is 97.9 Å². The molecule has 0 bridgehead atoms. The summed E-state index contributed by atoms with van der Waals surface area (Å²) in [6.45, 7) is 6.35. The Hall–Kier alpha value is -3.16. The van der Waals surface area contributed by atoms with Crippen molar-refractivity contribution in [1.82, 2.24) is 30.0 Å². The fraction of sp³-hybridized carbons (Fsp3) is 0.429. The molecule has 0 saturated carbocycles. The molecule has 0 N–H and O–H groups in total. The first-order valence-corrected chi connectivity index (χ1v) is 9.86. The van der Waals surface area contributed by atoms with Crippen LogP contribution in [0.2, 0.25) is 0 Å². The van der Waals surface area contributed by atoms with Crippen molar-refractivity contribution in [1.29, 1.82) is 0 Å². The number of aromatic nitrogens is 5. The lowest BCUT2D eigenvalue weighted by Crippen LogP contribution is -2.36. The van der Waals surface area contributed by atoms with E-state index in [0.717, 1.165) is 60.6 Å². The normalized spacial score (nSPS) is 16.4. The van der Waals surface area contributed by atoms with Crippen LogP contribution in [0.25, 0.3) is 11.3 Å². The number of hydrogen-bond acceptors (Lipinski definition) is 7. The fourth-order valence-electron chi connectivity index (χ4n) is 3.88. The van der Waals surface area contributed by atoms with Gasteiger partial charge in [-0.2, -0.15) is 0 Å². The van der Waals surface area contributed by atoms with Gasteiger partial charge in [-0.1, -0.05) is 5.16 Å². The molecule has 29 heavy (non-hydrogen) atoms. The van der Waals surface area contributed by atoms with Gasteiger partial charge in [0.2, 0.25) is 0 Å². The molecule has 8 heteroatoms. The summed E-state index contributed by atoms with van der Waals surface area (Å²) in [5.74, 6) is 1.40. The second-order valence-electron chi connectivity index (χ2n) is 7.45. The number of hydrogen-bond donors (Lipinski definition) is 0. The second-order valence-corrected chi connectivity index (χ2v) is 7.45. The highest BCUT2D eigenvalue weighted by Gasteiger charge is 2.29. The molecule has 1 fully saturated rings. The molecule has 1 amide bonds. The number of carbonyl (C=O) groups is 1. The second kappa shape index (κ2) is 8.06. The highest BCUT2D eigenvalue weighted by atomic mass is 16.5. The lowest BCUT2D eigenvalue weighted by atomic mass is 10.1. The average molecular weight is 392 g/mol. The zero-order chi connectivity index (χ0) is 20.4. The van der Waals surface area contributed by atoms with E-state index in [1.807, 2.05) is 25.7 Å². The monoisotopic (exact) mass is 392 g/mol. The number of nitrogens with zero attached hydrogens (tertiary/aromatic N) is 6. The molecule has 0 spiro atoms. The van der Waals surface area contributed by atoms with Crippen LogP contribution >= 0.6 is 0 Å². The molecule has 0 aromatic carbocycles. The molecule has 4 heterocycles. The number of amides is 1. The van der Waals surface area contributed by atoms with Crippen molar-refractivity contribution in [2.75, 3.05) is 6.54 Å². The van der Waals surface area contributed by atoms with Gasteiger partial charge in [0.05, 0.1) is 34.4 Å². The molecule has 0 radical (unpaired) electrons. The Labute approximate surface area is 169 Å². The van der Waals surface area contributed by atoms with Crippen molar-refractivity contribution in [2.24, 2.45) is 0 Å². The Bertz CT molecular complexity index is 995. The van der Waals surface area contributed by atoms with Crippen molar-refractivity contribution in [3.63, 3.8) is 0 Å². The van der Waals surface area contributed by atoms with Crippen molar-refractivity contribution in [2.45, 2.75) is 52.5 Å². The Morgan fingerprint density at radius 3 is 2.69 bits per heavy atom. The molecular weight excluding hydrogens is 368 g/mol. The third kappa shape index (κ3) is 4.01. The van der Waals surface area contributed by atoms with Crippen LogP contribution in [-0.2, 0) is 6.42 Å². The number of aryl methyl sites for hydroxylation is 4. The largest absolute Gasteiger partial charge is 0.361 e. The highest BCUT2D eigenvalue weighted by Crippen LogP contribution is 2.26. The molecular formula is C21H24N6O2. The molecule has 1 saturated heterocycles. The smallest absolute Gasteiger partial charge is 0.257 e. The number of rotatable bonds is 5. The van der Waals surface area contributed by atoms with E-state index >= 15 is 0 Å². The van der Waals surface area contributed by atoms with E-state index in [1.165, 1.54) is 0 Å². The van der Waals surface area contributed by atoms with Gasteiger partial charge in [-0.15, -0.1) is 0 Å². The van der Waals surface area contributed by atoms with Gasteiger partial charge in [0.25, 0.3) is 5.91 Å². The van der Waals surface area contributed by atoms with E-state index in [0.29, 0.717) is 11.4 Å². The van der Waals surface area contributed by atoms with E-state index in [1.54, 1.807) is 24.8 Å². The van der Waals surface area contributed by atoms with Crippen molar-refractivity contribution >= 4 is 5.91 Å². The molecule has 8 nitrogen and oxygen atoms in total. The third-order valence-electron chi connectivity index (χ3n) is 5.37. The van der Waals surface area contributed by atoms with E-state index in [9.17, 15) is 4.79 Å². The quantitative estimate of drug-likeness (QED) is 0.658. The molecule has 150 valence electrons. The third-order valence-corrected chi connectivity index (χ3v) is 5.37. The summed E-state index contributed by atoms with van der Waals surface area (Å²) in [7, 11) is 0. The van der Waals surface area contributed by atoms with Crippen molar-refractivity contribution < 1.29 is 9.32 Å². The van der Waals surface area contributed by atoms with E-state index in [-0.39, 0.29) is 11.9 Å². The molecule has 4 rings (SSSR count). The molecule has 1 aliphatic heterocycles. The fourth-order valence-corrected chi connectivity index (χ4v) is 3.88. The molecule has 0 unspecified atom stereocenters. The summed E-state index contributed by atoms with van der Waals surface area (Å²) in [6, 6.07) is 0.188. The van der Waals surface area contributed by atoms with Crippen LogP contribution in [0.1, 0.15) is 52.6 Å². The Balaban J connectivity index is 1.45. The first-order valence-electron chi connectivity index (χ1n) is 9.86. The zero-order valence-corrected chi connectivity index (χ0v) is 16.9. The summed E-state index contributed by atoms with van der Waals surface area (Å²) in [5, 5.41) is 4.00. The summed E-state index contributed by atoms with van der Waals surface area (Å²) in [4.78, 5) is 32.2. The Morgan fingerprint density at radius 2 is 1.97 bits per heavy atom. The first kappa shape index (κ1) is 19.2. The number of carbonyl (C=O) groups excluding carboxylic acids is 1. The van der Waals surface area contributed by atoms with Gasteiger partial charge in [0, 0.05) is 31.2 Å². The minimum absolute atomic E-state index is 0.00283. The molecule has 1 aliphatic rings. The van der Waals surface area contributed by atoms with Gasteiger partial charge in [-0.05, 0) is 46.5 Å². The van der Waals surface area contributed by atoms with Gasteiger partial charge in [0.1, 0.15) is 11.6 Å². The summed E-state index contributed by atoms with van der Waals surface area (Å²) in [6.07, 6.45) is 10.3. The van der Waals surface area contributed by atoms with Gasteiger partial charge in [-0.25, -0.2) is 15.0 Å². The van der Waals surface area contributed by atoms with Crippen LogP contribution in [0.15, 0.2) is 29.3 Å². The molecule has 3 aromatic rings. The maximum atomic E-state index is 12.9. The minimum Gasteiger partial charge on any atom is -0.361 e. The van der Waals surface area contributed by atoms with E-state index < -0.39 is 0 Å². The first-order chi connectivity index (χ1) is 14.0. The van der Waals surface area contributed by atoms with Crippen molar-refractivity contribution in [3.05, 3.63) is 53.3 Å². The van der Waals surface area contributed by atoms with Gasteiger partial charge in [0.15, 0.2) is 0 Å². The Morgan fingerprint density at radius 1 is 1.17 bits per heavy atom. The van der Waals surface area contributed by atoms with E-state index in [4.69, 9.17) is 9.51 Å². The Kier molecular flexibility index (Phi) is 5.33.